The van der Waals surface area contributed by atoms with Crippen LogP contribution in [0.25, 0.3) is 22.0 Å². The topological polar surface area (TPSA) is 72.4 Å². The third kappa shape index (κ3) is 3.78. The summed E-state index contributed by atoms with van der Waals surface area (Å²) in [4.78, 5) is 36.3. The molecule has 2 aromatic carbocycles. The number of nitrogens with zero attached hydrogens (tertiary/aromatic N) is 3. The summed E-state index contributed by atoms with van der Waals surface area (Å²) in [5.41, 5.74) is 3.56. The van der Waals surface area contributed by atoms with Crippen LogP contribution in [0.4, 0.5) is 5.69 Å². The van der Waals surface area contributed by atoms with Crippen LogP contribution in [-0.2, 0) is 4.79 Å². The van der Waals surface area contributed by atoms with Crippen LogP contribution in [0.15, 0.2) is 78.3 Å². The Morgan fingerprint density at radius 1 is 1.06 bits per heavy atom. The van der Waals surface area contributed by atoms with E-state index in [0.717, 1.165) is 22.0 Å². The van der Waals surface area contributed by atoms with E-state index in [1.54, 1.807) is 25.3 Å². The number of benzene rings is 2. The van der Waals surface area contributed by atoms with Crippen LogP contribution in [-0.4, -0.2) is 34.3 Å². The second-order valence-corrected chi connectivity index (χ2v) is 8.27. The van der Waals surface area contributed by atoms with Crippen molar-refractivity contribution >= 4 is 28.7 Å². The first-order chi connectivity index (χ1) is 15.6. The molecule has 0 saturated carbocycles. The summed E-state index contributed by atoms with van der Waals surface area (Å²) < 4.78 is 5.80. The van der Waals surface area contributed by atoms with E-state index in [-0.39, 0.29) is 18.2 Å². The van der Waals surface area contributed by atoms with Crippen molar-refractivity contribution in [2.45, 2.75) is 13.0 Å². The molecule has 0 fully saturated rings. The number of carbonyl (C=O) groups excluding carboxylic acids is 2. The van der Waals surface area contributed by atoms with Gasteiger partial charge in [0.25, 0.3) is 5.91 Å². The number of Topliss-reactive ketones (excluding diaryl/α,β-unsaturated/α-hetero) is 1. The number of amides is 1. The van der Waals surface area contributed by atoms with Crippen molar-refractivity contribution in [3.05, 3.63) is 83.9 Å². The number of aromatic nitrogens is 2. The number of anilines is 1. The molecule has 1 aliphatic rings. The molecule has 0 spiro atoms. The lowest BCUT2D eigenvalue weighted by atomic mass is 10.1. The van der Waals surface area contributed by atoms with E-state index < -0.39 is 6.10 Å². The zero-order chi connectivity index (χ0) is 22.1. The molecule has 32 heavy (non-hydrogen) atoms. The number of pyridine rings is 1. The number of ether oxygens (including phenoxy) is 1. The van der Waals surface area contributed by atoms with Crippen LogP contribution in [0, 0.1) is 0 Å². The Balaban J connectivity index is 1.49. The van der Waals surface area contributed by atoms with E-state index in [0.29, 0.717) is 17.0 Å². The van der Waals surface area contributed by atoms with Crippen molar-refractivity contribution in [1.82, 2.24) is 9.97 Å². The van der Waals surface area contributed by atoms with Gasteiger partial charge < -0.3 is 4.74 Å². The Bertz CT molecular complexity index is 1290. The van der Waals surface area contributed by atoms with E-state index >= 15 is 0 Å². The Kier molecular flexibility index (Phi) is 5.25. The smallest absolute Gasteiger partial charge is 0.268 e. The van der Waals surface area contributed by atoms with Crippen LogP contribution in [0.2, 0.25) is 0 Å². The lowest BCUT2D eigenvalue weighted by Crippen LogP contribution is -2.46. The molecule has 4 aromatic rings. The molecule has 1 amide bonds. The Labute approximate surface area is 189 Å². The zero-order valence-corrected chi connectivity index (χ0v) is 18.1. The molecule has 6 nitrogen and oxygen atoms in total. The van der Waals surface area contributed by atoms with Crippen LogP contribution >= 0.6 is 11.3 Å². The highest BCUT2D eigenvalue weighted by Crippen LogP contribution is 2.38. The molecule has 2 aromatic heterocycles. The zero-order valence-electron chi connectivity index (χ0n) is 17.3. The van der Waals surface area contributed by atoms with Gasteiger partial charge in [0.05, 0.1) is 23.6 Å². The number of rotatable bonds is 5. The fourth-order valence-electron chi connectivity index (χ4n) is 3.60. The third-order valence-electron chi connectivity index (χ3n) is 5.25. The standard InChI is InChI=1S/C25H19N3O3S/c1-16-25(30)28(14-22(29)17-7-3-2-4-8-17)21-13-18(10-11-23(21)31-16)20-15-32-24(27-20)19-9-5-6-12-26-19/h2-13,15-16H,14H2,1H3. The van der Waals surface area contributed by atoms with Crippen molar-refractivity contribution in [2.75, 3.05) is 11.4 Å². The van der Waals surface area contributed by atoms with Gasteiger partial charge >= 0.3 is 0 Å². The van der Waals surface area contributed by atoms with Crippen molar-refractivity contribution in [1.29, 1.82) is 0 Å². The minimum atomic E-state index is -0.660. The second-order valence-electron chi connectivity index (χ2n) is 7.41. The summed E-state index contributed by atoms with van der Waals surface area (Å²) in [7, 11) is 0. The predicted molar refractivity (Wildman–Crippen MR) is 124 cm³/mol. The molecule has 158 valence electrons. The van der Waals surface area contributed by atoms with Crippen LogP contribution in [0.1, 0.15) is 17.3 Å². The van der Waals surface area contributed by atoms with Crippen molar-refractivity contribution in [3.8, 4) is 27.7 Å². The second kappa shape index (κ2) is 8.36. The Hall–Kier alpha value is -3.84. The highest BCUT2D eigenvalue weighted by atomic mass is 32.1. The quantitative estimate of drug-likeness (QED) is 0.413. The molecule has 3 heterocycles. The fourth-order valence-corrected chi connectivity index (χ4v) is 4.41. The maximum Gasteiger partial charge on any atom is 0.268 e. The minimum absolute atomic E-state index is 0.0523. The first-order valence-corrected chi connectivity index (χ1v) is 11.1. The number of thiazole rings is 1. The van der Waals surface area contributed by atoms with Crippen LogP contribution in [0.3, 0.4) is 0 Å². The molecule has 0 N–H and O–H groups in total. The van der Waals surface area contributed by atoms with Gasteiger partial charge in [-0.15, -0.1) is 11.3 Å². The van der Waals surface area contributed by atoms with Gasteiger partial charge in [0.1, 0.15) is 10.8 Å². The van der Waals surface area contributed by atoms with Gasteiger partial charge in [-0.05, 0) is 37.3 Å². The first-order valence-electron chi connectivity index (χ1n) is 10.2. The highest BCUT2D eigenvalue weighted by molar-refractivity contribution is 7.13. The molecule has 1 atom stereocenters. The molecule has 0 bridgehead atoms. The van der Waals surface area contributed by atoms with Gasteiger partial charge in [-0.2, -0.15) is 0 Å². The normalized spacial score (nSPS) is 15.2. The molecular formula is C25H19N3O3S. The number of hydrogen-bond donors (Lipinski definition) is 0. The monoisotopic (exact) mass is 441 g/mol. The minimum Gasteiger partial charge on any atom is -0.479 e. The predicted octanol–water partition coefficient (Wildman–Crippen LogP) is 4.87. The maximum atomic E-state index is 12.9. The SMILES string of the molecule is CC1Oc2ccc(-c3csc(-c4ccccn4)n3)cc2N(CC(=O)c2ccccc2)C1=O. The van der Waals surface area contributed by atoms with Gasteiger partial charge in [0.2, 0.25) is 0 Å². The van der Waals surface area contributed by atoms with E-state index in [2.05, 4.69) is 4.98 Å². The van der Waals surface area contributed by atoms with E-state index in [1.165, 1.54) is 16.2 Å². The molecular weight excluding hydrogens is 422 g/mol. The molecule has 0 saturated heterocycles. The van der Waals surface area contributed by atoms with Crippen LogP contribution in [0.5, 0.6) is 5.75 Å². The maximum absolute atomic E-state index is 12.9. The van der Waals surface area contributed by atoms with Crippen LogP contribution < -0.4 is 9.64 Å². The number of fused-ring (bicyclic) bond motifs is 1. The van der Waals surface area contributed by atoms with Gasteiger partial charge in [-0.25, -0.2) is 4.98 Å². The van der Waals surface area contributed by atoms with Gasteiger partial charge in [-0.3, -0.25) is 19.5 Å². The summed E-state index contributed by atoms with van der Waals surface area (Å²) >= 11 is 1.51. The molecule has 0 aliphatic carbocycles. The van der Waals surface area contributed by atoms with Crippen molar-refractivity contribution in [3.63, 3.8) is 0 Å². The molecule has 5 rings (SSSR count). The largest absolute Gasteiger partial charge is 0.479 e. The third-order valence-corrected chi connectivity index (χ3v) is 6.11. The Morgan fingerprint density at radius 2 is 1.88 bits per heavy atom. The Morgan fingerprint density at radius 3 is 2.66 bits per heavy atom. The molecule has 0 radical (unpaired) electrons. The lowest BCUT2D eigenvalue weighted by Gasteiger charge is -2.33. The number of carbonyl (C=O) groups is 2. The van der Waals surface area contributed by atoms with Gasteiger partial charge in [0.15, 0.2) is 11.9 Å². The summed E-state index contributed by atoms with van der Waals surface area (Å²) in [5.74, 6) is 0.198. The summed E-state index contributed by atoms with van der Waals surface area (Å²) in [6.45, 7) is 1.64. The first kappa shape index (κ1) is 20.1. The van der Waals surface area contributed by atoms with E-state index in [9.17, 15) is 9.59 Å². The van der Waals surface area contributed by atoms with E-state index in [4.69, 9.17) is 9.72 Å². The fraction of sp³-hybridized carbons (Fsp3) is 0.120. The summed E-state index contributed by atoms with van der Waals surface area (Å²) in [5, 5.41) is 2.77. The van der Waals surface area contributed by atoms with Crippen molar-refractivity contribution in [2.24, 2.45) is 0 Å². The molecule has 1 aliphatic heterocycles. The molecule has 7 heteroatoms. The summed E-state index contributed by atoms with van der Waals surface area (Å²) in [6, 6.07) is 20.3. The summed E-state index contributed by atoms with van der Waals surface area (Å²) in [6.07, 6.45) is 1.08. The lowest BCUT2D eigenvalue weighted by molar-refractivity contribution is -0.125. The number of ketones is 1. The average molecular weight is 442 g/mol. The van der Waals surface area contributed by atoms with E-state index in [1.807, 2.05) is 60.0 Å². The highest BCUT2D eigenvalue weighted by Gasteiger charge is 2.33. The van der Waals surface area contributed by atoms with Crippen molar-refractivity contribution < 1.29 is 14.3 Å². The average Bonchev–Trinajstić information content (AvgIpc) is 3.33. The van der Waals surface area contributed by atoms with Gasteiger partial charge in [-0.1, -0.05) is 36.4 Å². The number of hydrogen-bond acceptors (Lipinski definition) is 6. The molecule has 1 unspecified atom stereocenters. The van der Waals surface area contributed by atoms with Gasteiger partial charge in [0, 0.05) is 22.7 Å².